The van der Waals surface area contributed by atoms with Crippen molar-refractivity contribution in [2.75, 3.05) is 0 Å². The average molecular weight is 236 g/mol. The second-order valence-electron chi connectivity index (χ2n) is 5.33. The molecule has 0 spiro atoms. The van der Waals surface area contributed by atoms with E-state index in [0.29, 0.717) is 5.78 Å². The number of Topliss-reactive ketones (excluding diaryl/α,β-unsaturated/α-hetero) is 1. The van der Waals surface area contributed by atoms with Crippen molar-refractivity contribution < 1.29 is 4.79 Å². The molecule has 0 saturated heterocycles. The maximum absolute atomic E-state index is 12.5. The molecule has 0 atom stereocenters. The molecule has 0 unspecified atom stereocenters. The summed E-state index contributed by atoms with van der Waals surface area (Å²) >= 11 is 0. The minimum atomic E-state index is -0.0404. The van der Waals surface area contributed by atoms with Crippen LogP contribution in [-0.4, -0.2) is 5.78 Å². The zero-order valence-corrected chi connectivity index (χ0v) is 12.1. The highest BCUT2D eigenvalue weighted by atomic mass is 16.1. The lowest BCUT2D eigenvalue weighted by molar-refractivity contribution is -0.127. The minimum Gasteiger partial charge on any atom is -0.294 e. The van der Waals surface area contributed by atoms with E-state index in [1.165, 1.54) is 24.0 Å². The molecule has 0 bridgehead atoms. The number of hydrogen-bond acceptors (Lipinski definition) is 1. The van der Waals surface area contributed by atoms with E-state index in [1.54, 1.807) is 0 Å². The van der Waals surface area contributed by atoms with Crippen molar-refractivity contribution in [1.29, 1.82) is 0 Å². The van der Waals surface area contributed by atoms with Gasteiger partial charge in [-0.3, -0.25) is 4.79 Å². The standard InChI is InChI=1S/C16H28O/c1-5-9-10-13-14(8-4)16(11-6-2,12-7-3)15(13)17/h5-12H2,1-4H3. The number of hydrogen-bond donors (Lipinski definition) is 0. The van der Waals surface area contributed by atoms with Crippen LogP contribution in [0.15, 0.2) is 11.1 Å². The monoisotopic (exact) mass is 236 g/mol. The Morgan fingerprint density at radius 2 is 1.53 bits per heavy atom. The summed E-state index contributed by atoms with van der Waals surface area (Å²) in [5, 5.41) is 0. The lowest BCUT2D eigenvalue weighted by Gasteiger charge is -2.45. The van der Waals surface area contributed by atoms with Crippen molar-refractivity contribution in [2.45, 2.75) is 79.1 Å². The molecule has 0 aromatic heterocycles. The summed E-state index contributed by atoms with van der Waals surface area (Å²) in [4.78, 5) is 12.5. The molecule has 98 valence electrons. The van der Waals surface area contributed by atoms with Gasteiger partial charge in [-0.25, -0.2) is 0 Å². The highest BCUT2D eigenvalue weighted by molar-refractivity contribution is 6.10. The fourth-order valence-electron chi connectivity index (χ4n) is 3.47. The third-order valence-electron chi connectivity index (χ3n) is 4.14. The fourth-order valence-corrected chi connectivity index (χ4v) is 3.47. The largest absolute Gasteiger partial charge is 0.294 e. The van der Waals surface area contributed by atoms with Crippen LogP contribution in [0, 0.1) is 5.41 Å². The third-order valence-corrected chi connectivity index (χ3v) is 4.14. The second kappa shape index (κ2) is 6.37. The van der Waals surface area contributed by atoms with E-state index in [-0.39, 0.29) is 5.41 Å². The summed E-state index contributed by atoms with van der Waals surface area (Å²) in [5.74, 6) is 0.492. The molecular weight excluding hydrogens is 208 g/mol. The second-order valence-corrected chi connectivity index (χ2v) is 5.33. The fraction of sp³-hybridized carbons (Fsp3) is 0.812. The summed E-state index contributed by atoms with van der Waals surface area (Å²) < 4.78 is 0. The van der Waals surface area contributed by atoms with Crippen LogP contribution in [0.4, 0.5) is 0 Å². The molecule has 0 aromatic rings. The van der Waals surface area contributed by atoms with Gasteiger partial charge >= 0.3 is 0 Å². The Bertz CT molecular complexity index is 293. The van der Waals surface area contributed by atoms with E-state index in [0.717, 1.165) is 38.5 Å². The topological polar surface area (TPSA) is 17.1 Å². The average Bonchev–Trinajstić information content (AvgIpc) is 2.33. The zero-order chi connectivity index (χ0) is 12.9. The number of allylic oxidation sites excluding steroid dienone is 2. The first-order chi connectivity index (χ1) is 8.17. The zero-order valence-electron chi connectivity index (χ0n) is 12.1. The molecular formula is C16H28O. The first kappa shape index (κ1) is 14.5. The molecule has 1 aliphatic carbocycles. The predicted octanol–water partition coefficient (Wildman–Crippen LogP) is 5.05. The maximum Gasteiger partial charge on any atom is 0.169 e. The lowest BCUT2D eigenvalue weighted by Crippen LogP contribution is -2.44. The number of unbranched alkanes of at least 4 members (excludes halogenated alkanes) is 1. The SMILES string of the molecule is CCCCC1=C(CC)C(CCC)(CCC)C1=O. The van der Waals surface area contributed by atoms with E-state index in [1.807, 2.05) is 0 Å². The van der Waals surface area contributed by atoms with E-state index < -0.39 is 0 Å². The molecule has 0 radical (unpaired) electrons. The van der Waals surface area contributed by atoms with Gasteiger partial charge in [0.2, 0.25) is 0 Å². The van der Waals surface area contributed by atoms with Crippen molar-refractivity contribution in [3.05, 3.63) is 11.1 Å². The molecule has 0 heterocycles. The molecule has 0 saturated carbocycles. The Balaban J connectivity index is 2.93. The molecule has 1 heteroatoms. The van der Waals surface area contributed by atoms with Gasteiger partial charge in [0.25, 0.3) is 0 Å². The number of carbonyl (C=O) groups excluding carboxylic acids is 1. The van der Waals surface area contributed by atoms with Crippen molar-refractivity contribution in [3.8, 4) is 0 Å². The lowest BCUT2D eigenvalue weighted by atomic mass is 9.57. The molecule has 0 aliphatic heterocycles. The molecule has 17 heavy (non-hydrogen) atoms. The van der Waals surface area contributed by atoms with Crippen LogP contribution in [0.1, 0.15) is 79.1 Å². The quantitative estimate of drug-likeness (QED) is 0.576. The van der Waals surface area contributed by atoms with Crippen LogP contribution in [0.5, 0.6) is 0 Å². The van der Waals surface area contributed by atoms with Gasteiger partial charge in [-0.2, -0.15) is 0 Å². The summed E-state index contributed by atoms with van der Waals surface area (Å²) in [7, 11) is 0. The van der Waals surface area contributed by atoms with Crippen molar-refractivity contribution in [2.24, 2.45) is 5.41 Å². The minimum absolute atomic E-state index is 0.0404. The first-order valence-electron chi connectivity index (χ1n) is 7.45. The van der Waals surface area contributed by atoms with Crippen LogP contribution < -0.4 is 0 Å². The Morgan fingerprint density at radius 3 is 1.94 bits per heavy atom. The number of ketones is 1. The summed E-state index contributed by atoms with van der Waals surface area (Å²) in [5.41, 5.74) is 2.65. The predicted molar refractivity (Wildman–Crippen MR) is 74.1 cm³/mol. The molecule has 1 rings (SSSR count). The van der Waals surface area contributed by atoms with Crippen LogP contribution >= 0.6 is 0 Å². The first-order valence-corrected chi connectivity index (χ1v) is 7.45. The molecule has 0 fully saturated rings. The molecule has 0 N–H and O–H groups in total. The molecule has 0 amide bonds. The smallest absolute Gasteiger partial charge is 0.169 e. The van der Waals surface area contributed by atoms with Crippen LogP contribution in [0.2, 0.25) is 0 Å². The van der Waals surface area contributed by atoms with Crippen molar-refractivity contribution in [1.82, 2.24) is 0 Å². The van der Waals surface area contributed by atoms with Gasteiger partial charge < -0.3 is 0 Å². The Morgan fingerprint density at radius 1 is 0.941 bits per heavy atom. The molecule has 1 aliphatic rings. The van der Waals surface area contributed by atoms with Gasteiger partial charge in [0.05, 0.1) is 5.41 Å². The normalized spacial score (nSPS) is 18.5. The van der Waals surface area contributed by atoms with Crippen LogP contribution in [-0.2, 0) is 4.79 Å². The van der Waals surface area contributed by atoms with E-state index in [2.05, 4.69) is 27.7 Å². The summed E-state index contributed by atoms with van der Waals surface area (Å²) in [6.07, 6.45) is 8.82. The van der Waals surface area contributed by atoms with Crippen molar-refractivity contribution >= 4 is 5.78 Å². The molecule has 0 aromatic carbocycles. The van der Waals surface area contributed by atoms with Gasteiger partial charge in [-0.1, -0.05) is 47.0 Å². The Kier molecular flexibility index (Phi) is 5.42. The van der Waals surface area contributed by atoms with Gasteiger partial charge in [0.1, 0.15) is 0 Å². The Labute approximate surface area is 107 Å². The van der Waals surface area contributed by atoms with Gasteiger partial charge in [-0.15, -0.1) is 0 Å². The van der Waals surface area contributed by atoms with E-state index in [9.17, 15) is 4.79 Å². The highest BCUT2D eigenvalue weighted by Gasteiger charge is 2.49. The van der Waals surface area contributed by atoms with E-state index >= 15 is 0 Å². The van der Waals surface area contributed by atoms with Crippen molar-refractivity contribution in [3.63, 3.8) is 0 Å². The van der Waals surface area contributed by atoms with Gasteiger partial charge in [0.15, 0.2) is 5.78 Å². The Hall–Kier alpha value is -0.590. The summed E-state index contributed by atoms with van der Waals surface area (Å²) in [6, 6.07) is 0. The molecule has 1 nitrogen and oxygen atoms in total. The van der Waals surface area contributed by atoms with Gasteiger partial charge in [-0.05, 0) is 43.3 Å². The van der Waals surface area contributed by atoms with Gasteiger partial charge in [0, 0.05) is 0 Å². The maximum atomic E-state index is 12.5. The number of carbonyl (C=O) groups is 1. The van der Waals surface area contributed by atoms with Crippen LogP contribution in [0.3, 0.4) is 0 Å². The highest BCUT2D eigenvalue weighted by Crippen LogP contribution is 2.52. The summed E-state index contributed by atoms with van der Waals surface area (Å²) in [6.45, 7) is 8.80. The number of rotatable bonds is 8. The van der Waals surface area contributed by atoms with Crippen LogP contribution in [0.25, 0.3) is 0 Å². The van der Waals surface area contributed by atoms with E-state index in [4.69, 9.17) is 0 Å². The third kappa shape index (κ3) is 2.48.